The van der Waals surface area contributed by atoms with Gasteiger partial charge in [-0.15, -0.1) is 0 Å². The van der Waals surface area contributed by atoms with E-state index in [9.17, 15) is 9.59 Å². The average Bonchev–Trinajstić information content (AvgIpc) is 2.98. The van der Waals surface area contributed by atoms with E-state index in [1.54, 1.807) is 31.2 Å². The molecule has 1 aliphatic rings. The highest BCUT2D eigenvalue weighted by atomic mass is 16.5. The van der Waals surface area contributed by atoms with Crippen LogP contribution < -0.4 is 5.32 Å². The Morgan fingerprint density at radius 2 is 2.10 bits per heavy atom. The zero-order valence-electron chi connectivity index (χ0n) is 12.2. The maximum Gasteiger partial charge on any atom is 0.310 e. The second kappa shape index (κ2) is 7.22. The summed E-state index contributed by atoms with van der Waals surface area (Å²) in [5.41, 5.74) is 1.41. The van der Waals surface area contributed by atoms with Crippen LogP contribution in [0.3, 0.4) is 0 Å². The predicted octanol–water partition coefficient (Wildman–Crippen LogP) is 2.77. The van der Waals surface area contributed by atoms with Gasteiger partial charge in [-0.3, -0.25) is 9.59 Å². The van der Waals surface area contributed by atoms with Crippen LogP contribution in [-0.2, 0) is 14.3 Å². The number of anilines is 1. The van der Waals surface area contributed by atoms with Crippen LogP contribution in [0.15, 0.2) is 24.3 Å². The highest BCUT2D eigenvalue weighted by Crippen LogP contribution is 2.19. The van der Waals surface area contributed by atoms with E-state index >= 15 is 0 Å². The van der Waals surface area contributed by atoms with E-state index in [0.717, 1.165) is 31.4 Å². The van der Waals surface area contributed by atoms with E-state index in [0.29, 0.717) is 12.1 Å². The molecule has 5 heteroatoms. The molecule has 0 radical (unpaired) electrons. The molecule has 1 saturated heterocycles. The molecule has 1 aromatic rings. The fraction of sp³-hybridized carbons (Fsp3) is 0.500. The largest absolute Gasteiger partial charge is 0.481 e. The summed E-state index contributed by atoms with van der Waals surface area (Å²) >= 11 is 0. The molecule has 2 rings (SSSR count). The first-order chi connectivity index (χ1) is 10.1. The first-order valence-corrected chi connectivity index (χ1v) is 7.30. The van der Waals surface area contributed by atoms with Crippen molar-refractivity contribution < 1.29 is 19.4 Å². The van der Waals surface area contributed by atoms with Crippen molar-refractivity contribution in [3.05, 3.63) is 29.8 Å². The van der Waals surface area contributed by atoms with Crippen molar-refractivity contribution in [2.45, 2.75) is 44.6 Å². The Kier molecular flexibility index (Phi) is 5.33. The third-order valence-electron chi connectivity index (χ3n) is 3.78. The summed E-state index contributed by atoms with van der Waals surface area (Å²) in [6.45, 7) is 2.44. The summed E-state index contributed by atoms with van der Waals surface area (Å²) in [7, 11) is 0. The number of hydrogen-bond donors (Lipinski definition) is 2. The number of carboxylic acid groups (broad SMARTS) is 1. The number of carbonyl (C=O) groups excluding carboxylic acids is 1. The smallest absolute Gasteiger partial charge is 0.310 e. The number of hydrogen-bond acceptors (Lipinski definition) is 3. The average molecular weight is 291 g/mol. The maximum absolute atomic E-state index is 11.8. The zero-order chi connectivity index (χ0) is 15.2. The van der Waals surface area contributed by atoms with Crippen molar-refractivity contribution >= 4 is 17.6 Å². The van der Waals surface area contributed by atoms with Crippen LogP contribution in [-0.4, -0.2) is 29.7 Å². The molecule has 0 aromatic heterocycles. The quantitative estimate of drug-likeness (QED) is 0.845. The minimum Gasteiger partial charge on any atom is -0.481 e. The van der Waals surface area contributed by atoms with E-state index in [4.69, 9.17) is 9.84 Å². The van der Waals surface area contributed by atoms with E-state index in [2.05, 4.69) is 5.32 Å². The second-order valence-electron chi connectivity index (χ2n) is 5.40. The Balaban J connectivity index is 1.82. The standard InChI is InChI=1S/C16H21NO4/c1-11(16(19)20)12-4-6-13(7-5-12)17-15(18)9-8-14-3-2-10-21-14/h4-7,11,14H,2-3,8-10H2,1H3,(H,17,18)(H,19,20). The molecule has 5 nitrogen and oxygen atoms in total. The third kappa shape index (κ3) is 4.56. The first kappa shape index (κ1) is 15.5. The number of amides is 1. The summed E-state index contributed by atoms with van der Waals surface area (Å²) in [5.74, 6) is -1.44. The molecule has 1 aromatic carbocycles. The normalized spacial score (nSPS) is 19.2. The number of ether oxygens (including phenoxy) is 1. The molecule has 114 valence electrons. The molecule has 2 unspecified atom stereocenters. The van der Waals surface area contributed by atoms with Gasteiger partial charge in [-0.1, -0.05) is 12.1 Å². The summed E-state index contributed by atoms with van der Waals surface area (Å²) in [6.07, 6.45) is 3.53. The van der Waals surface area contributed by atoms with Crippen LogP contribution in [0, 0.1) is 0 Å². The predicted molar refractivity (Wildman–Crippen MR) is 79.3 cm³/mol. The van der Waals surface area contributed by atoms with Gasteiger partial charge in [0.1, 0.15) is 0 Å². The van der Waals surface area contributed by atoms with Gasteiger partial charge in [0, 0.05) is 18.7 Å². The van der Waals surface area contributed by atoms with Crippen molar-refractivity contribution in [2.75, 3.05) is 11.9 Å². The van der Waals surface area contributed by atoms with Gasteiger partial charge in [-0.05, 0) is 43.9 Å². The van der Waals surface area contributed by atoms with E-state index in [1.165, 1.54) is 0 Å². The molecule has 21 heavy (non-hydrogen) atoms. The van der Waals surface area contributed by atoms with Gasteiger partial charge in [-0.2, -0.15) is 0 Å². The lowest BCUT2D eigenvalue weighted by atomic mass is 10.0. The molecule has 0 aliphatic carbocycles. The molecule has 1 heterocycles. The van der Waals surface area contributed by atoms with Gasteiger partial charge in [-0.25, -0.2) is 0 Å². The first-order valence-electron chi connectivity index (χ1n) is 7.30. The lowest BCUT2D eigenvalue weighted by molar-refractivity contribution is -0.138. The fourth-order valence-electron chi connectivity index (χ4n) is 2.39. The Morgan fingerprint density at radius 3 is 2.67 bits per heavy atom. The number of rotatable bonds is 6. The summed E-state index contributed by atoms with van der Waals surface area (Å²) in [4.78, 5) is 22.7. The maximum atomic E-state index is 11.8. The van der Waals surface area contributed by atoms with Gasteiger partial charge < -0.3 is 15.2 Å². The Morgan fingerprint density at radius 1 is 1.38 bits per heavy atom. The summed E-state index contributed by atoms with van der Waals surface area (Å²) in [5, 5.41) is 11.8. The Hall–Kier alpha value is -1.88. The number of aliphatic carboxylic acids is 1. The second-order valence-corrected chi connectivity index (χ2v) is 5.40. The van der Waals surface area contributed by atoms with E-state index in [1.807, 2.05) is 0 Å². The van der Waals surface area contributed by atoms with Crippen molar-refractivity contribution in [3.8, 4) is 0 Å². The van der Waals surface area contributed by atoms with Crippen LogP contribution >= 0.6 is 0 Å². The molecular weight excluding hydrogens is 270 g/mol. The van der Waals surface area contributed by atoms with E-state index in [-0.39, 0.29) is 12.0 Å². The highest BCUT2D eigenvalue weighted by molar-refractivity contribution is 5.90. The van der Waals surface area contributed by atoms with Crippen LogP contribution in [0.1, 0.15) is 44.1 Å². The van der Waals surface area contributed by atoms with Crippen molar-refractivity contribution in [3.63, 3.8) is 0 Å². The van der Waals surface area contributed by atoms with Crippen molar-refractivity contribution in [1.29, 1.82) is 0 Å². The van der Waals surface area contributed by atoms with Gasteiger partial charge in [0.25, 0.3) is 0 Å². The fourth-order valence-corrected chi connectivity index (χ4v) is 2.39. The van der Waals surface area contributed by atoms with Gasteiger partial charge in [0.2, 0.25) is 5.91 Å². The molecule has 0 spiro atoms. The van der Waals surface area contributed by atoms with Crippen LogP contribution in [0.2, 0.25) is 0 Å². The molecular formula is C16H21NO4. The molecule has 0 saturated carbocycles. The van der Waals surface area contributed by atoms with Crippen LogP contribution in [0.4, 0.5) is 5.69 Å². The molecule has 1 aliphatic heterocycles. The van der Waals surface area contributed by atoms with Crippen LogP contribution in [0.5, 0.6) is 0 Å². The topological polar surface area (TPSA) is 75.6 Å². The van der Waals surface area contributed by atoms with Crippen molar-refractivity contribution in [1.82, 2.24) is 0 Å². The van der Waals surface area contributed by atoms with Gasteiger partial charge in [0.15, 0.2) is 0 Å². The minimum atomic E-state index is -0.858. The third-order valence-corrected chi connectivity index (χ3v) is 3.78. The van der Waals surface area contributed by atoms with Gasteiger partial charge >= 0.3 is 5.97 Å². The number of carboxylic acids is 1. The number of nitrogens with one attached hydrogen (secondary N) is 1. The zero-order valence-corrected chi connectivity index (χ0v) is 12.2. The van der Waals surface area contributed by atoms with Crippen molar-refractivity contribution in [2.24, 2.45) is 0 Å². The monoisotopic (exact) mass is 291 g/mol. The molecule has 1 amide bonds. The number of carbonyl (C=O) groups is 2. The Labute approximate surface area is 124 Å². The molecule has 1 fully saturated rings. The highest BCUT2D eigenvalue weighted by Gasteiger charge is 2.17. The van der Waals surface area contributed by atoms with Gasteiger partial charge in [0.05, 0.1) is 12.0 Å². The summed E-state index contributed by atoms with van der Waals surface area (Å²) in [6, 6.07) is 6.93. The minimum absolute atomic E-state index is 0.0375. The molecule has 2 N–H and O–H groups in total. The lowest BCUT2D eigenvalue weighted by Crippen LogP contribution is -2.15. The van der Waals surface area contributed by atoms with E-state index < -0.39 is 11.9 Å². The van der Waals surface area contributed by atoms with Crippen LogP contribution in [0.25, 0.3) is 0 Å². The molecule has 0 bridgehead atoms. The Bertz CT molecular complexity index is 492. The number of benzene rings is 1. The SMILES string of the molecule is CC(C(=O)O)c1ccc(NC(=O)CCC2CCCO2)cc1. The molecule has 2 atom stereocenters. The summed E-state index contributed by atoms with van der Waals surface area (Å²) < 4.78 is 5.48. The lowest BCUT2D eigenvalue weighted by Gasteiger charge is -2.11.